The van der Waals surface area contributed by atoms with Crippen molar-refractivity contribution in [3.63, 3.8) is 0 Å². The van der Waals surface area contributed by atoms with Crippen molar-refractivity contribution in [1.82, 2.24) is 0 Å². The second-order valence-electron chi connectivity index (χ2n) is 8.01. The quantitative estimate of drug-likeness (QED) is 0.105. The molecule has 0 aliphatic heterocycles. The van der Waals surface area contributed by atoms with Gasteiger partial charge in [0.2, 0.25) is 0 Å². The summed E-state index contributed by atoms with van der Waals surface area (Å²) in [6.45, 7) is 4.25. The van der Waals surface area contributed by atoms with Gasteiger partial charge in [0.25, 0.3) is 0 Å². The Morgan fingerprint density at radius 3 is 2.22 bits per heavy atom. The molecule has 11 heteroatoms. The number of ether oxygens (including phenoxy) is 2. The maximum absolute atomic E-state index is 12.0. The third-order valence-electron chi connectivity index (χ3n) is 5.56. The Kier molecular flexibility index (Phi) is 14.1. The number of nitrogens with zero attached hydrogens (tertiary/aromatic N) is 1. The molecule has 0 heterocycles. The minimum Gasteiger partial charge on any atom is -0.748 e. The predicted molar refractivity (Wildman–Crippen MR) is 135 cm³/mol. The van der Waals surface area contributed by atoms with Crippen molar-refractivity contribution < 1.29 is 57.1 Å². The van der Waals surface area contributed by atoms with Crippen LogP contribution >= 0.6 is 0 Å². The van der Waals surface area contributed by atoms with Crippen molar-refractivity contribution in [2.45, 2.75) is 50.4 Å². The summed E-state index contributed by atoms with van der Waals surface area (Å²) in [4.78, 5) is 3.76. The first kappa shape index (κ1) is 31.9. The first-order valence-electron chi connectivity index (χ1n) is 11.4. The van der Waals surface area contributed by atoms with E-state index in [4.69, 9.17) is 20.9 Å². The van der Waals surface area contributed by atoms with Gasteiger partial charge in [-0.25, -0.2) is 13.4 Å². The molecule has 0 saturated carbocycles. The molecule has 0 fully saturated rings. The van der Waals surface area contributed by atoms with Gasteiger partial charge in [0, 0.05) is 6.61 Å². The van der Waals surface area contributed by atoms with Crippen LogP contribution in [0.25, 0.3) is 0 Å². The molecule has 0 amide bonds. The number of phenolic OH excluding ortho intramolecular Hbond substituents is 1. The summed E-state index contributed by atoms with van der Waals surface area (Å²) >= 11 is 0. The van der Waals surface area contributed by atoms with Crippen molar-refractivity contribution in [1.29, 1.82) is 0 Å². The minimum absolute atomic E-state index is 0. The number of hydrogen-bond acceptors (Lipinski definition) is 7. The van der Waals surface area contributed by atoms with Gasteiger partial charge in [-0.3, -0.25) is 0 Å². The summed E-state index contributed by atoms with van der Waals surface area (Å²) < 4.78 is 47.3. The molecule has 0 spiro atoms. The minimum atomic E-state index is -4.53. The molecule has 0 radical (unpaired) electrons. The van der Waals surface area contributed by atoms with Crippen LogP contribution in [0.2, 0.25) is 0 Å². The van der Waals surface area contributed by atoms with E-state index < -0.39 is 21.5 Å². The number of hydrogen-bond donors (Lipinski definition) is 3. The molecule has 0 aliphatic rings. The van der Waals surface area contributed by atoms with Gasteiger partial charge >= 0.3 is 29.6 Å². The zero-order valence-corrected chi connectivity index (χ0v) is 23.9. The number of aliphatic imine (C=N–C) groups is 1. The van der Waals surface area contributed by atoms with E-state index in [1.54, 1.807) is 48.6 Å². The number of nitrogens with two attached hydrogens (primary N) is 2. The average molecular weight is 528 g/mol. The van der Waals surface area contributed by atoms with Gasteiger partial charge in [-0.1, -0.05) is 43.3 Å². The molecule has 3 unspecified atom stereocenters. The Bertz CT molecular complexity index is 1070. The van der Waals surface area contributed by atoms with Crippen LogP contribution in [0.4, 0.5) is 0 Å². The fourth-order valence-corrected chi connectivity index (χ4v) is 4.48. The van der Waals surface area contributed by atoms with Crippen LogP contribution < -0.4 is 45.8 Å². The van der Waals surface area contributed by atoms with Crippen LogP contribution in [0.1, 0.15) is 56.3 Å². The van der Waals surface area contributed by atoms with Gasteiger partial charge in [0.15, 0.2) is 12.7 Å². The number of allylic oxidation sites excluding steroid dienone is 1. The van der Waals surface area contributed by atoms with Crippen molar-refractivity contribution in [3.05, 3.63) is 71.8 Å². The van der Waals surface area contributed by atoms with Gasteiger partial charge in [0.1, 0.15) is 17.6 Å². The number of phenols is 1. The third kappa shape index (κ3) is 10.9. The second-order valence-corrected chi connectivity index (χ2v) is 9.66. The maximum Gasteiger partial charge on any atom is 1.00 e. The number of guanidine groups is 1. The van der Waals surface area contributed by atoms with E-state index in [2.05, 4.69) is 4.99 Å². The van der Waals surface area contributed by atoms with Gasteiger partial charge in [-0.05, 0) is 67.5 Å². The van der Waals surface area contributed by atoms with Gasteiger partial charge in [-0.15, -0.1) is 0 Å². The fourth-order valence-electron chi connectivity index (χ4n) is 3.67. The average Bonchev–Trinajstić information content (AvgIpc) is 2.81. The summed E-state index contributed by atoms with van der Waals surface area (Å²) in [7, 11) is -4.53. The number of benzene rings is 2. The van der Waals surface area contributed by atoms with Crippen LogP contribution in [-0.4, -0.2) is 42.6 Å². The van der Waals surface area contributed by atoms with Gasteiger partial charge in [0.05, 0.1) is 15.4 Å². The molecule has 2 aromatic carbocycles. The Morgan fingerprint density at radius 1 is 1.08 bits per heavy atom. The van der Waals surface area contributed by atoms with E-state index in [-0.39, 0.29) is 66.8 Å². The summed E-state index contributed by atoms with van der Waals surface area (Å²) in [6, 6.07) is 13.8. The van der Waals surface area contributed by atoms with Crippen LogP contribution in [0.5, 0.6) is 11.5 Å². The van der Waals surface area contributed by atoms with E-state index in [9.17, 15) is 18.1 Å². The molecular formula is C25H34N3NaO6S. The van der Waals surface area contributed by atoms with Crippen LogP contribution in [0.15, 0.2) is 65.7 Å². The van der Waals surface area contributed by atoms with Crippen LogP contribution in [0, 0.1) is 0 Å². The Balaban J connectivity index is 0.00000648. The van der Waals surface area contributed by atoms with E-state index in [0.717, 1.165) is 11.1 Å². The monoisotopic (exact) mass is 527 g/mol. The fraction of sp³-hybridized carbons (Fsp3) is 0.400. The standard InChI is InChI=1S/C25H35N3O6S.Na/c1-3-18(19-10-14-22(15-11-19)34-17-28-25(26)27)16-23(35(30,31)32)6-5-7-24(33-4-2)20-8-12-21(29)13-9-20;/h5,7-15,18,23-24,29H,3-4,6,16-17H2,1-2H3,(H4,26,27,28)(H,30,31,32);/q;+1/p-1. The molecule has 0 bridgehead atoms. The van der Waals surface area contributed by atoms with Gasteiger partial charge in [-0.2, -0.15) is 0 Å². The molecule has 5 N–H and O–H groups in total. The van der Waals surface area contributed by atoms with E-state index in [1.807, 2.05) is 26.0 Å². The first-order chi connectivity index (χ1) is 16.6. The molecule has 0 aliphatic carbocycles. The predicted octanol–water partition coefficient (Wildman–Crippen LogP) is 0.528. The molecular weight excluding hydrogens is 493 g/mol. The topological polar surface area (TPSA) is 160 Å². The maximum atomic E-state index is 12.0. The Hall–Kier alpha value is -2.08. The molecule has 2 rings (SSSR count). The molecule has 0 aromatic heterocycles. The number of rotatable bonds is 14. The molecule has 36 heavy (non-hydrogen) atoms. The summed E-state index contributed by atoms with van der Waals surface area (Å²) in [5, 5.41) is 8.42. The zero-order valence-electron chi connectivity index (χ0n) is 21.0. The Morgan fingerprint density at radius 2 is 1.69 bits per heavy atom. The second kappa shape index (κ2) is 15.9. The smallest absolute Gasteiger partial charge is 0.748 e. The first-order valence-corrected chi connectivity index (χ1v) is 12.9. The van der Waals surface area contributed by atoms with Crippen molar-refractivity contribution in [3.8, 4) is 11.5 Å². The van der Waals surface area contributed by atoms with Gasteiger partial charge < -0.3 is 30.6 Å². The summed E-state index contributed by atoms with van der Waals surface area (Å²) in [6.07, 6.45) is 3.95. The van der Waals surface area contributed by atoms with Crippen molar-refractivity contribution >= 4 is 16.1 Å². The largest absolute Gasteiger partial charge is 1.00 e. The summed E-state index contributed by atoms with van der Waals surface area (Å²) in [5.41, 5.74) is 12.3. The normalized spacial score (nSPS) is 14.0. The molecule has 9 nitrogen and oxygen atoms in total. The van der Waals surface area contributed by atoms with Crippen molar-refractivity contribution in [2.75, 3.05) is 13.3 Å². The molecule has 3 atom stereocenters. The van der Waals surface area contributed by atoms with E-state index in [0.29, 0.717) is 18.8 Å². The van der Waals surface area contributed by atoms with E-state index in [1.165, 1.54) is 0 Å². The van der Waals surface area contributed by atoms with Crippen LogP contribution in [-0.2, 0) is 14.9 Å². The zero-order chi connectivity index (χ0) is 25.8. The Labute approximate surface area is 235 Å². The molecule has 0 saturated heterocycles. The van der Waals surface area contributed by atoms with E-state index >= 15 is 0 Å². The summed E-state index contributed by atoms with van der Waals surface area (Å²) in [5.74, 6) is 0.524. The van der Waals surface area contributed by atoms with Crippen LogP contribution in [0.3, 0.4) is 0 Å². The number of aromatic hydroxyl groups is 1. The third-order valence-corrected chi connectivity index (χ3v) is 6.76. The SMILES string of the molecule is CCOC(C=CCC(CC(CC)c1ccc(OCN=C(N)N)cc1)S(=O)(=O)[O-])c1ccc(O)cc1.[Na+]. The molecule has 2 aromatic rings. The molecule has 192 valence electrons. The van der Waals surface area contributed by atoms with Crippen molar-refractivity contribution in [2.24, 2.45) is 16.5 Å².